The summed E-state index contributed by atoms with van der Waals surface area (Å²) in [5, 5.41) is 9.83. The van der Waals surface area contributed by atoms with Gasteiger partial charge in [-0.3, -0.25) is 9.88 Å². The first-order valence-electron chi connectivity index (χ1n) is 6.60. The highest BCUT2D eigenvalue weighted by Gasteiger charge is 2.22. The van der Waals surface area contributed by atoms with Gasteiger partial charge in [0.1, 0.15) is 5.75 Å². The number of rotatable bonds is 4. The molecule has 94 valence electrons. The van der Waals surface area contributed by atoms with E-state index in [0.717, 1.165) is 24.5 Å². The van der Waals surface area contributed by atoms with Gasteiger partial charge in [0.25, 0.3) is 0 Å². The van der Waals surface area contributed by atoms with Gasteiger partial charge in [0, 0.05) is 18.3 Å². The molecule has 1 aromatic heterocycles. The average molecular weight is 234 g/mol. The molecular weight excluding hydrogens is 212 g/mol. The highest BCUT2D eigenvalue weighted by Crippen LogP contribution is 2.26. The normalized spacial score (nSPS) is 16.9. The van der Waals surface area contributed by atoms with Gasteiger partial charge in [0.15, 0.2) is 0 Å². The molecule has 1 aliphatic rings. The highest BCUT2D eigenvalue weighted by molar-refractivity contribution is 5.27. The molecule has 1 aliphatic carbocycles. The van der Waals surface area contributed by atoms with Crippen LogP contribution in [0.1, 0.15) is 44.0 Å². The molecule has 0 aromatic carbocycles. The Morgan fingerprint density at radius 3 is 2.71 bits per heavy atom. The fourth-order valence-corrected chi connectivity index (χ4v) is 2.68. The zero-order valence-electron chi connectivity index (χ0n) is 10.8. The second-order valence-corrected chi connectivity index (χ2v) is 4.92. The van der Waals surface area contributed by atoms with Crippen LogP contribution in [0.25, 0.3) is 0 Å². The van der Waals surface area contributed by atoms with Crippen molar-refractivity contribution in [3.63, 3.8) is 0 Å². The van der Waals surface area contributed by atoms with Gasteiger partial charge in [0.05, 0.1) is 5.69 Å². The predicted octanol–water partition coefficient (Wildman–Crippen LogP) is 2.86. The van der Waals surface area contributed by atoms with E-state index in [2.05, 4.69) is 16.8 Å². The smallest absolute Gasteiger partial charge is 0.138 e. The monoisotopic (exact) mass is 234 g/mol. The van der Waals surface area contributed by atoms with E-state index in [0.29, 0.717) is 11.8 Å². The zero-order valence-corrected chi connectivity index (χ0v) is 10.8. The van der Waals surface area contributed by atoms with Crippen molar-refractivity contribution in [2.75, 3.05) is 6.54 Å². The number of aryl methyl sites for hydroxylation is 1. The van der Waals surface area contributed by atoms with Crippen LogP contribution >= 0.6 is 0 Å². The first-order valence-corrected chi connectivity index (χ1v) is 6.60. The molecular formula is C14H22N2O. The van der Waals surface area contributed by atoms with Crippen LogP contribution in [0.5, 0.6) is 5.75 Å². The number of hydrogen-bond acceptors (Lipinski definition) is 3. The van der Waals surface area contributed by atoms with Crippen LogP contribution in [0.2, 0.25) is 0 Å². The SMILES string of the molecule is CCN(Cc1nc(C)ccc1O)C1CCCC1. The minimum Gasteiger partial charge on any atom is -0.506 e. The molecule has 0 atom stereocenters. The molecule has 1 fully saturated rings. The summed E-state index contributed by atoms with van der Waals surface area (Å²) >= 11 is 0. The fourth-order valence-electron chi connectivity index (χ4n) is 2.68. The third-order valence-electron chi connectivity index (χ3n) is 3.69. The second-order valence-electron chi connectivity index (χ2n) is 4.92. The molecule has 0 bridgehead atoms. The van der Waals surface area contributed by atoms with E-state index in [9.17, 15) is 5.11 Å². The summed E-state index contributed by atoms with van der Waals surface area (Å²) < 4.78 is 0. The van der Waals surface area contributed by atoms with Gasteiger partial charge in [-0.05, 0) is 38.4 Å². The minimum atomic E-state index is 0.326. The predicted molar refractivity (Wildman–Crippen MR) is 69.0 cm³/mol. The van der Waals surface area contributed by atoms with Gasteiger partial charge in [-0.2, -0.15) is 0 Å². The van der Waals surface area contributed by atoms with Gasteiger partial charge in [-0.15, -0.1) is 0 Å². The third-order valence-corrected chi connectivity index (χ3v) is 3.69. The summed E-state index contributed by atoms with van der Waals surface area (Å²) in [6, 6.07) is 4.28. The quantitative estimate of drug-likeness (QED) is 0.870. The number of aromatic nitrogens is 1. The van der Waals surface area contributed by atoms with E-state index in [1.165, 1.54) is 25.7 Å². The van der Waals surface area contributed by atoms with Gasteiger partial charge in [-0.1, -0.05) is 19.8 Å². The molecule has 0 unspecified atom stereocenters. The lowest BCUT2D eigenvalue weighted by atomic mass is 10.2. The van der Waals surface area contributed by atoms with Crippen molar-refractivity contribution in [2.45, 2.75) is 52.1 Å². The maximum absolute atomic E-state index is 9.83. The number of nitrogens with zero attached hydrogens (tertiary/aromatic N) is 2. The second kappa shape index (κ2) is 5.50. The minimum absolute atomic E-state index is 0.326. The Hall–Kier alpha value is -1.09. The lowest BCUT2D eigenvalue weighted by Crippen LogP contribution is -2.32. The van der Waals surface area contributed by atoms with E-state index in [-0.39, 0.29) is 0 Å². The Bertz CT molecular complexity index is 372. The fraction of sp³-hybridized carbons (Fsp3) is 0.643. The molecule has 3 nitrogen and oxygen atoms in total. The van der Waals surface area contributed by atoms with E-state index in [4.69, 9.17) is 0 Å². The molecule has 1 aromatic rings. The zero-order chi connectivity index (χ0) is 12.3. The average Bonchev–Trinajstić information content (AvgIpc) is 2.84. The molecule has 17 heavy (non-hydrogen) atoms. The maximum Gasteiger partial charge on any atom is 0.138 e. The van der Waals surface area contributed by atoms with E-state index in [1.807, 2.05) is 13.0 Å². The van der Waals surface area contributed by atoms with E-state index < -0.39 is 0 Å². The van der Waals surface area contributed by atoms with Crippen LogP contribution in [0.4, 0.5) is 0 Å². The molecule has 0 spiro atoms. The first-order chi connectivity index (χ1) is 8.20. The van der Waals surface area contributed by atoms with Crippen LogP contribution < -0.4 is 0 Å². The summed E-state index contributed by atoms with van der Waals surface area (Å²) in [6.45, 7) is 5.95. The topological polar surface area (TPSA) is 36.4 Å². The van der Waals surface area contributed by atoms with Crippen LogP contribution in [0, 0.1) is 6.92 Å². The van der Waals surface area contributed by atoms with Crippen molar-refractivity contribution in [3.05, 3.63) is 23.5 Å². The summed E-state index contributed by atoms with van der Waals surface area (Å²) in [6.07, 6.45) is 5.27. The van der Waals surface area contributed by atoms with Crippen molar-refractivity contribution in [2.24, 2.45) is 0 Å². The number of aromatic hydroxyl groups is 1. The van der Waals surface area contributed by atoms with Crippen molar-refractivity contribution in [1.82, 2.24) is 9.88 Å². The van der Waals surface area contributed by atoms with Crippen LogP contribution in [0.15, 0.2) is 12.1 Å². The Morgan fingerprint density at radius 1 is 1.35 bits per heavy atom. The summed E-state index contributed by atoms with van der Waals surface area (Å²) in [7, 11) is 0. The van der Waals surface area contributed by atoms with Crippen molar-refractivity contribution in [1.29, 1.82) is 0 Å². The highest BCUT2D eigenvalue weighted by atomic mass is 16.3. The van der Waals surface area contributed by atoms with Crippen molar-refractivity contribution < 1.29 is 5.11 Å². The van der Waals surface area contributed by atoms with Crippen LogP contribution in [-0.4, -0.2) is 27.6 Å². The summed E-state index contributed by atoms with van der Waals surface area (Å²) in [5.74, 6) is 0.326. The lowest BCUT2D eigenvalue weighted by Gasteiger charge is -2.27. The molecule has 3 heteroatoms. The third kappa shape index (κ3) is 2.97. The molecule has 0 aliphatic heterocycles. The molecule has 1 saturated carbocycles. The Morgan fingerprint density at radius 2 is 2.06 bits per heavy atom. The number of pyridine rings is 1. The molecule has 1 N–H and O–H groups in total. The lowest BCUT2D eigenvalue weighted by molar-refractivity contribution is 0.195. The standard InChI is InChI=1S/C14H22N2O/c1-3-16(12-6-4-5-7-12)10-13-14(17)9-8-11(2)15-13/h8-9,12,17H,3-7,10H2,1-2H3. The Balaban J connectivity index is 2.09. The van der Waals surface area contributed by atoms with Crippen LogP contribution in [-0.2, 0) is 6.54 Å². The van der Waals surface area contributed by atoms with Gasteiger partial charge in [0.2, 0.25) is 0 Å². The van der Waals surface area contributed by atoms with E-state index >= 15 is 0 Å². The first kappa shape index (κ1) is 12.4. The Kier molecular flexibility index (Phi) is 4.00. The maximum atomic E-state index is 9.83. The van der Waals surface area contributed by atoms with E-state index in [1.54, 1.807) is 6.07 Å². The van der Waals surface area contributed by atoms with Gasteiger partial charge < -0.3 is 5.11 Å². The molecule has 0 saturated heterocycles. The molecule has 0 amide bonds. The van der Waals surface area contributed by atoms with Crippen molar-refractivity contribution >= 4 is 0 Å². The van der Waals surface area contributed by atoms with Crippen molar-refractivity contribution in [3.8, 4) is 5.75 Å². The van der Waals surface area contributed by atoms with Crippen LogP contribution in [0.3, 0.4) is 0 Å². The summed E-state index contributed by atoms with van der Waals surface area (Å²) in [5.41, 5.74) is 1.79. The molecule has 0 radical (unpaired) electrons. The van der Waals surface area contributed by atoms with Gasteiger partial charge in [-0.25, -0.2) is 0 Å². The molecule has 2 rings (SSSR count). The largest absolute Gasteiger partial charge is 0.506 e. The van der Waals surface area contributed by atoms with Gasteiger partial charge >= 0.3 is 0 Å². The summed E-state index contributed by atoms with van der Waals surface area (Å²) in [4.78, 5) is 6.88. The number of hydrogen-bond donors (Lipinski definition) is 1. The molecule has 1 heterocycles. The Labute approximate surface area is 103 Å².